The van der Waals surface area contributed by atoms with Crippen LogP contribution in [0.2, 0.25) is 0 Å². The Hall–Kier alpha value is -2.71. The molecule has 0 atom stereocenters. The second-order valence-electron chi connectivity index (χ2n) is 5.97. The summed E-state index contributed by atoms with van der Waals surface area (Å²) in [7, 11) is -3.74. The molecule has 0 radical (unpaired) electrons. The van der Waals surface area contributed by atoms with Crippen molar-refractivity contribution in [1.29, 1.82) is 0 Å². The van der Waals surface area contributed by atoms with Crippen LogP contribution in [0.15, 0.2) is 59.5 Å². The van der Waals surface area contributed by atoms with Crippen LogP contribution >= 0.6 is 0 Å². The Morgan fingerprint density at radius 3 is 2.21 bits per heavy atom. The van der Waals surface area contributed by atoms with Crippen molar-refractivity contribution in [3.05, 3.63) is 60.2 Å². The van der Waals surface area contributed by atoms with Gasteiger partial charge in [-0.3, -0.25) is 9.59 Å². The van der Waals surface area contributed by atoms with Gasteiger partial charge < -0.3 is 10.1 Å². The molecular formula is C20H24N2O5S. The molecule has 8 heteroatoms. The van der Waals surface area contributed by atoms with Gasteiger partial charge in [0.25, 0.3) is 0 Å². The minimum atomic E-state index is -3.74. The summed E-state index contributed by atoms with van der Waals surface area (Å²) in [4.78, 5) is 23.9. The average Bonchev–Trinajstić information content (AvgIpc) is 2.68. The molecule has 0 fully saturated rings. The van der Waals surface area contributed by atoms with Crippen molar-refractivity contribution in [2.24, 2.45) is 0 Å². The maximum Gasteiger partial charge on any atom is 0.310 e. The second-order valence-corrected chi connectivity index (χ2v) is 7.91. The first-order chi connectivity index (χ1) is 13.4. The highest BCUT2D eigenvalue weighted by Gasteiger charge is 2.25. The SMILES string of the molecule is CCOC(=O)Cc1ccc(NC(=O)CN(CC)S(=O)(=O)c2ccccc2)cc1. The van der Waals surface area contributed by atoms with Crippen LogP contribution in [-0.2, 0) is 30.8 Å². The van der Waals surface area contributed by atoms with E-state index < -0.39 is 15.9 Å². The van der Waals surface area contributed by atoms with Crippen LogP contribution < -0.4 is 5.32 Å². The van der Waals surface area contributed by atoms with Gasteiger partial charge in [-0.05, 0) is 36.8 Å². The Kier molecular flexibility index (Phi) is 7.71. The fraction of sp³-hybridized carbons (Fsp3) is 0.300. The van der Waals surface area contributed by atoms with Crippen molar-refractivity contribution in [2.75, 3.05) is 25.0 Å². The highest BCUT2D eigenvalue weighted by Crippen LogP contribution is 2.15. The van der Waals surface area contributed by atoms with Crippen LogP contribution in [0.3, 0.4) is 0 Å². The minimum absolute atomic E-state index is 0.146. The number of hydrogen-bond acceptors (Lipinski definition) is 5. The number of nitrogens with one attached hydrogen (secondary N) is 1. The van der Waals surface area contributed by atoms with Crippen LogP contribution in [0.4, 0.5) is 5.69 Å². The van der Waals surface area contributed by atoms with Crippen molar-refractivity contribution in [1.82, 2.24) is 4.31 Å². The third-order valence-electron chi connectivity index (χ3n) is 3.95. The molecule has 0 heterocycles. The summed E-state index contributed by atoms with van der Waals surface area (Å²) in [6, 6.07) is 14.7. The average molecular weight is 404 g/mol. The maximum atomic E-state index is 12.7. The molecule has 2 rings (SSSR count). The summed E-state index contributed by atoms with van der Waals surface area (Å²) in [5, 5.41) is 2.67. The zero-order valence-electron chi connectivity index (χ0n) is 15.9. The first-order valence-electron chi connectivity index (χ1n) is 8.96. The molecule has 0 aromatic heterocycles. The van der Waals surface area contributed by atoms with E-state index in [4.69, 9.17) is 4.74 Å². The lowest BCUT2D eigenvalue weighted by atomic mass is 10.1. The number of carbonyl (C=O) groups is 2. The van der Waals surface area contributed by atoms with Gasteiger partial charge in [0, 0.05) is 12.2 Å². The summed E-state index contributed by atoms with van der Waals surface area (Å²) in [6.07, 6.45) is 0.154. The van der Waals surface area contributed by atoms with Gasteiger partial charge in [-0.2, -0.15) is 4.31 Å². The van der Waals surface area contributed by atoms with E-state index in [1.165, 1.54) is 12.1 Å². The summed E-state index contributed by atoms with van der Waals surface area (Å²) < 4.78 is 31.3. The molecule has 0 bridgehead atoms. The number of anilines is 1. The standard InChI is InChI=1S/C20H24N2O5S/c1-3-22(28(25,26)18-8-6-5-7-9-18)15-19(23)21-17-12-10-16(11-13-17)14-20(24)27-4-2/h5-13H,3-4,14-15H2,1-2H3,(H,21,23). The van der Waals surface area contributed by atoms with Crippen molar-refractivity contribution >= 4 is 27.6 Å². The highest BCUT2D eigenvalue weighted by atomic mass is 32.2. The number of carbonyl (C=O) groups excluding carboxylic acids is 2. The maximum absolute atomic E-state index is 12.7. The number of amides is 1. The predicted molar refractivity (Wildman–Crippen MR) is 106 cm³/mol. The first kappa shape index (κ1) is 21.6. The van der Waals surface area contributed by atoms with Crippen LogP contribution in [-0.4, -0.2) is 44.3 Å². The number of rotatable bonds is 9. The molecular weight excluding hydrogens is 380 g/mol. The van der Waals surface area contributed by atoms with Crippen LogP contribution in [0.5, 0.6) is 0 Å². The quantitative estimate of drug-likeness (QED) is 0.648. The van der Waals surface area contributed by atoms with E-state index >= 15 is 0 Å². The largest absolute Gasteiger partial charge is 0.466 e. The van der Waals surface area contributed by atoms with Gasteiger partial charge >= 0.3 is 5.97 Å². The fourth-order valence-corrected chi connectivity index (χ4v) is 3.98. The van der Waals surface area contributed by atoms with E-state index in [-0.39, 0.29) is 30.4 Å². The number of likely N-dealkylation sites (N-methyl/N-ethyl adjacent to an activating group) is 1. The smallest absolute Gasteiger partial charge is 0.310 e. The van der Waals surface area contributed by atoms with Crippen LogP contribution in [0.25, 0.3) is 0 Å². The number of esters is 1. The Morgan fingerprint density at radius 1 is 1.00 bits per heavy atom. The molecule has 0 aliphatic rings. The van der Waals surface area contributed by atoms with E-state index in [1.807, 2.05) is 0 Å². The lowest BCUT2D eigenvalue weighted by molar-refractivity contribution is -0.142. The van der Waals surface area contributed by atoms with E-state index in [2.05, 4.69) is 5.32 Å². The van der Waals surface area contributed by atoms with Gasteiger partial charge in [-0.25, -0.2) is 8.42 Å². The summed E-state index contributed by atoms with van der Waals surface area (Å²) >= 11 is 0. The molecule has 7 nitrogen and oxygen atoms in total. The molecule has 0 spiro atoms. The Labute approximate surface area is 165 Å². The number of nitrogens with zero attached hydrogens (tertiary/aromatic N) is 1. The van der Waals surface area contributed by atoms with Gasteiger partial charge in [0.2, 0.25) is 15.9 Å². The molecule has 0 saturated carbocycles. The Bertz CT molecular complexity index is 896. The first-order valence-corrected chi connectivity index (χ1v) is 10.4. The lowest BCUT2D eigenvalue weighted by Gasteiger charge is -2.20. The number of hydrogen-bond donors (Lipinski definition) is 1. The van der Waals surface area contributed by atoms with E-state index in [9.17, 15) is 18.0 Å². The molecule has 2 aromatic rings. The zero-order valence-corrected chi connectivity index (χ0v) is 16.7. The third kappa shape index (κ3) is 5.90. The summed E-state index contributed by atoms with van der Waals surface area (Å²) in [5.74, 6) is -0.761. The van der Waals surface area contributed by atoms with Crippen LogP contribution in [0.1, 0.15) is 19.4 Å². The van der Waals surface area contributed by atoms with E-state index in [1.54, 1.807) is 56.3 Å². The molecule has 1 N–H and O–H groups in total. The molecule has 0 aliphatic heterocycles. The normalized spacial score (nSPS) is 11.2. The lowest BCUT2D eigenvalue weighted by Crippen LogP contribution is -2.37. The monoisotopic (exact) mass is 404 g/mol. The molecule has 0 saturated heterocycles. The minimum Gasteiger partial charge on any atom is -0.466 e. The van der Waals surface area contributed by atoms with Gasteiger partial charge in [0.1, 0.15) is 0 Å². The molecule has 0 aliphatic carbocycles. The Balaban J connectivity index is 1.99. The molecule has 150 valence electrons. The zero-order chi connectivity index (χ0) is 20.6. The summed E-state index contributed by atoms with van der Waals surface area (Å²) in [6.45, 7) is 3.63. The topological polar surface area (TPSA) is 92.8 Å². The van der Waals surface area contributed by atoms with Gasteiger partial charge in [0.15, 0.2) is 0 Å². The van der Waals surface area contributed by atoms with Crippen LogP contribution in [0, 0.1) is 0 Å². The van der Waals surface area contributed by atoms with Gasteiger partial charge in [0.05, 0.1) is 24.5 Å². The van der Waals surface area contributed by atoms with E-state index in [0.29, 0.717) is 12.3 Å². The van der Waals surface area contributed by atoms with Gasteiger partial charge in [-0.15, -0.1) is 0 Å². The second kappa shape index (κ2) is 10.0. The molecule has 1 amide bonds. The third-order valence-corrected chi connectivity index (χ3v) is 5.88. The number of benzene rings is 2. The number of ether oxygens (including phenoxy) is 1. The van der Waals surface area contributed by atoms with Gasteiger partial charge in [-0.1, -0.05) is 37.3 Å². The van der Waals surface area contributed by atoms with Crippen molar-refractivity contribution < 1.29 is 22.7 Å². The van der Waals surface area contributed by atoms with Crippen molar-refractivity contribution in [3.8, 4) is 0 Å². The number of sulfonamides is 1. The Morgan fingerprint density at radius 2 is 1.64 bits per heavy atom. The highest BCUT2D eigenvalue weighted by molar-refractivity contribution is 7.89. The molecule has 28 heavy (non-hydrogen) atoms. The van der Waals surface area contributed by atoms with Crippen molar-refractivity contribution in [3.63, 3.8) is 0 Å². The molecule has 2 aromatic carbocycles. The predicted octanol–water partition coefficient (Wildman–Crippen LogP) is 2.44. The summed E-state index contributed by atoms with van der Waals surface area (Å²) in [5.41, 5.74) is 1.28. The van der Waals surface area contributed by atoms with E-state index in [0.717, 1.165) is 9.87 Å². The molecule has 0 unspecified atom stereocenters. The van der Waals surface area contributed by atoms with Crippen molar-refractivity contribution in [2.45, 2.75) is 25.2 Å². The fourth-order valence-electron chi connectivity index (χ4n) is 2.55.